The number of nitrogens with zero attached hydrogens (tertiary/aromatic N) is 6. The van der Waals surface area contributed by atoms with Crippen LogP contribution in [-0.4, -0.2) is 59.0 Å². The molecule has 0 saturated carbocycles. The molecule has 2 atom stereocenters. The monoisotopic (exact) mass is 513 g/mol. The smallest absolute Gasteiger partial charge is 0.225 e. The van der Waals surface area contributed by atoms with Crippen molar-refractivity contribution >= 4 is 11.8 Å². The molecule has 0 spiro atoms. The van der Waals surface area contributed by atoms with Gasteiger partial charge in [-0.15, -0.1) is 5.10 Å². The number of ether oxygens (including phenoxy) is 1. The van der Waals surface area contributed by atoms with Crippen LogP contribution in [0.4, 0.5) is 24.9 Å². The molecule has 1 aromatic carbocycles. The fourth-order valence-corrected chi connectivity index (χ4v) is 4.94. The van der Waals surface area contributed by atoms with Crippen LogP contribution in [0.2, 0.25) is 0 Å². The van der Waals surface area contributed by atoms with Crippen molar-refractivity contribution in [1.82, 2.24) is 20.2 Å². The minimum atomic E-state index is -1.22. The van der Waals surface area contributed by atoms with Crippen molar-refractivity contribution in [3.63, 3.8) is 0 Å². The van der Waals surface area contributed by atoms with Crippen LogP contribution in [0, 0.1) is 23.4 Å². The van der Waals surface area contributed by atoms with E-state index in [-0.39, 0.29) is 5.56 Å². The number of rotatable bonds is 7. The van der Waals surface area contributed by atoms with Crippen LogP contribution in [0.3, 0.4) is 0 Å². The van der Waals surface area contributed by atoms with Crippen molar-refractivity contribution in [1.29, 1.82) is 0 Å². The molecule has 0 aliphatic carbocycles. The Morgan fingerprint density at radius 2 is 1.68 bits per heavy atom. The zero-order valence-electron chi connectivity index (χ0n) is 20.7. The first-order valence-electron chi connectivity index (χ1n) is 12.6. The number of hydrogen-bond donors (Lipinski definition) is 1. The zero-order valence-corrected chi connectivity index (χ0v) is 20.7. The molecule has 2 N–H and O–H groups in total. The number of nitrogens with two attached hydrogens (primary N) is 1. The van der Waals surface area contributed by atoms with Gasteiger partial charge in [0, 0.05) is 44.2 Å². The summed E-state index contributed by atoms with van der Waals surface area (Å²) in [5.74, 6) is -1.29. The highest BCUT2D eigenvalue weighted by Gasteiger charge is 2.35. The molecule has 0 radical (unpaired) electrons. The van der Waals surface area contributed by atoms with Gasteiger partial charge in [-0.05, 0) is 48.9 Å². The normalized spacial score (nSPS) is 20.5. The molecule has 0 bridgehead atoms. The summed E-state index contributed by atoms with van der Waals surface area (Å²) in [4.78, 5) is 12.8. The van der Waals surface area contributed by atoms with E-state index in [1.165, 1.54) is 0 Å². The van der Waals surface area contributed by atoms with Crippen LogP contribution < -0.4 is 20.3 Å². The molecule has 37 heavy (non-hydrogen) atoms. The fourth-order valence-electron chi connectivity index (χ4n) is 4.94. The number of piperidine rings is 1. The van der Waals surface area contributed by atoms with Gasteiger partial charge in [-0.25, -0.2) is 23.1 Å². The molecule has 0 unspecified atom stereocenters. The van der Waals surface area contributed by atoms with Crippen LogP contribution in [-0.2, 0) is 6.42 Å². The van der Waals surface area contributed by atoms with Gasteiger partial charge < -0.3 is 20.3 Å². The van der Waals surface area contributed by atoms with Crippen LogP contribution >= 0.6 is 0 Å². The summed E-state index contributed by atoms with van der Waals surface area (Å²) in [6, 6.07) is 5.03. The van der Waals surface area contributed by atoms with Crippen LogP contribution in [0.1, 0.15) is 36.9 Å². The van der Waals surface area contributed by atoms with Crippen molar-refractivity contribution < 1.29 is 17.9 Å². The second-order valence-corrected chi connectivity index (χ2v) is 9.66. The molecule has 2 fully saturated rings. The van der Waals surface area contributed by atoms with E-state index in [1.54, 1.807) is 12.4 Å². The van der Waals surface area contributed by atoms with E-state index in [2.05, 4.69) is 32.0 Å². The van der Waals surface area contributed by atoms with E-state index in [9.17, 15) is 13.2 Å². The van der Waals surface area contributed by atoms with E-state index < -0.39 is 29.4 Å². The number of hydrogen-bond acceptors (Lipinski definition) is 8. The molecule has 5 rings (SSSR count). The van der Waals surface area contributed by atoms with E-state index in [0.717, 1.165) is 49.9 Å². The Morgan fingerprint density at radius 1 is 0.946 bits per heavy atom. The third kappa shape index (κ3) is 5.61. The number of aryl methyl sites for hydroxylation is 1. The third-order valence-corrected chi connectivity index (χ3v) is 7.19. The van der Waals surface area contributed by atoms with E-state index in [1.807, 2.05) is 17.0 Å². The maximum atomic E-state index is 14.3. The highest BCUT2D eigenvalue weighted by Crippen LogP contribution is 2.31. The van der Waals surface area contributed by atoms with Gasteiger partial charge >= 0.3 is 0 Å². The van der Waals surface area contributed by atoms with Crippen LogP contribution in [0.25, 0.3) is 0 Å². The largest absolute Gasteiger partial charge is 0.490 e. The van der Waals surface area contributed by atoms with Gasteiger partial charge in [0.05, 0.1) is 24.7 Å². The number of halogens is 3. The van der Waals surface area contributed by atoms with Crippen molar-refractivity contribution in [2.45, 2.75) is 38.1 Å². The molecule has 11 heteroatoms. The first-order chi connectivity index (χ1) is 17.9. The Morgan fingerprint density at radius 3 is 2.35 bits per heavy atom. The minimum Gasteiger partial charge on any atom is -0.490 e. The predicted octanol–water partition coefficient (Wildman–Crippen LogP) is 3.47. The first-order valence-corrected chi connectivity index (χ1v) is 12.6. The highest BCUT2D eigenvalue weighted by molar-refractivity contribution is 5.39. The fraction of sp³-hybridized carbons (Fsp3) is 0.462. The lowest BCUT2D eigenvalue weighted by molar-refractivity contribution is 0.221. The van der Waals surface area contributed by atoms with Gasteiger partial charge in [0.25, 0.3) is 0 Å². The highest BCUT2D eigenvalue weighted by atomic mass is 19.2. The molecule has 8 nitrogen and oxygen atoms in total. The molecular weight excluding hydrogens is 483 g/mol. The van der Waals surface area contributed by atoms with Gasteiger partial charge in [-0.3, -0.25) is 0 Å². The molecule has 2 aromatic heterocycles. The average molecular weight is 514 g/mol. The standard InChI is InChI=1S/C26H30F3N7O/c1-2-17-3-4-25(34-33-17)35-7-5-16(6-8-35)15-37-18-11-31-26(32-12-18)36-13-20(24(30)14-36)19-9-22(28)23(29)10-21(19)27/h3-4,9-12,16,20,24H,2,5-8,13-15,30H2,1H3/t20-,24+/m1/s1. The summed E-state index contributed by atoms with van der Waals surface area (Å²) in [6.45, 7) is 5.10. The molecule has 2 aliphatic heterocycles. The quantitative estimate of drug-likeness (QED) is 0.480. The molecule has 3 aromatic rings. The summed E-state index contributed by atoms with van der Waals surface area (Å²) in [5, 5.41) is 8.59. The van der Waals surface area contributed by atoms with E-state index in [0.29, 0.717) is 43.4 Å². The molecular formula is C26H30F3N7O. The van der Waals surface area contributed by atoms with Crippen LogP contribution in [0.5, 0.6) is 5.75 Å². The van der Waals surface area contributed by atoms with Crippen LogP contribution in [0.15, 0.2) is 36.7 Å². The Balaban J connectivity index is 1.12. The molecule has 4 heterocycles. The van der Waals surface area contributed by atoms with E-state index in [4.69, 9.17) is 10.5 Å². The van der Waals surface area contributed by atoms with Gasteiger partial charge in [0.2, 0.25) is 5.95 Å². The maximum Gasteiger partial charge on any atom is 0.225 e. The van der Waals surface area contributed by atoms with E-state index >= 15 is 0 Å². The average Bonchev–Trinajstić information content (AvgIpc) is 3.31. The van der Waals surface area contributed by atoms with Gasteiger partial charge in [0.15, 0.2) is 23.2 Å². The molecule has 0 amide bonds. The zero-order chi connectivity index (χ0) is 25.9. The Bertz CT molecular complexity index is 1200. The number of benzene rings is 1. The third-order valence-electron chi connectivity index (χ3n) is 7.19. The Labute approximate surface area is 213 Å². The van der Waals surface area contributed by atoms with Crippen molar-refractivity contribution in [3.05, 3.63) is 65.4 Å². The minimum absolute atomic E-state index is 0.0601. The van der Waals surface area contributed by atoms with Crippen molar-refractivity contribution in [3.8, 4) is 5.75 Å². The SMILES string of the molecule is CCc1ccc(N2CCC(COc3cnc(N4C[C@H](c5cc(F)c(F)cc5F)[C@@H](N)C4)nc3)CC2)nn1. The summed E-state index contributed by atoms with van der Waals surface area (Å²) in [6.07, 6.45) is 6.08. The Hall–Kier alpha value is -3.47. The van der Waals surface area contributed by atoms with Gasteiger partial charge in [0.1, 0.15) is 5.82 Å². The summed E-state index contributed by atoms with van der Waals surface area (Å²) in [7, 11) is 0. The maximum absolute atomic E-state index is 14.3. The van der Waals surface area contributed by atoms with Gasteiger partial charge in [-0.2, -0.15) is 5.10 Å². The lowest BCUT2D eigenvalue weighted by atomic mass is 9.94. The first kappa shape index (κ1) is 25.2. The second-order valence-electron chi connectivity index (χ2n) is 9.66. The predicted molar refractivity (Wildman–Crippen MR) is 133 cm³/mol. The lowest BCUT2D eigenvalue weighted by Gasteiger charge is -2.32. The second kappa shape index (κ2) is 10.9. The Kier molecular flexibility index (Phi) is 7.40. The molecule has 2 aliphatic rings. The van der Waals surface area contributed by atoms with Crippen molar-refractivity contribution in [2.24, 2.45) is 11.7 Å². The molecule has 2 saturated heterocycles. The van der Waals surface area contributed by atoms with Crippen molar-refractivity contribution in [2.75, 3.05) is 42.6 Å². The number of aromatic nitrogens is 4. The number of anilines is 2. The molecule has 196 valence electrons. The lowest BCUT2D eigenvalue weighted by Crippen LogP contribution is -2.36. The summed E-state index contributed by atoms with van der Waals surface area (Å²) < 4.78 is 47.2. The summed E-state index contributed by atoms with van der Waals surface area (Å²) >= 11 is 0. The topological polar surface area (TPSA) is 93.3 Å². The summed E-state index contributed by atoms with van der Waals surface area (Å²) in [5.41, 5.74) is 7.25. The van der Waals surface area contributed by atoms with Gasteiger partial charge in [-0.1, -0.05) is 6.92 Å².